The molecule has 1 aliphatic rings. The number of hydrogen-bond donors (Lipinski definition) is 4. The molecule has 0 bridgehead atoms. The van der Waals surface area contributed by atoms with Gasteiger partial charge in [-0.3, -0.25) is 9.59 Å². The van der Waals surface area contributed by atoms with Gasteiger partial charge in [0.2, 0.25) is 0 Å². The van der Waals surface area contributed by atoms with Crippen LogP contribution in [0, 0.1) is 6.92 Å². The highest BCUT2D eigenvalue weighted by Crippen LogP contribution is 2.15. The van der Waals surface area contributed by atoms with Gasteiger partial charge >= 0.3 is 11.8 Å². The molecule has 2 amide bonds. The zero-order chi connectivity index (χ0) is 22.2. The van der Waals surface area contributed by atoms with E-state index in [2.05, 4.69) is 17.7 Å². The fraction of sp³-hybridized carbons (Fsp3) is 0.417. The number of ether oxygens (including phenoxy) is 1. The third-order valence-corrected chi connectivity index (χ3v) is 6.00. The Balaban J connectivity index is 1.59. The number of rotatable bonds is 7. The number of aryl methyl sites for hydroxylation is 1. The van der Waals surface area contributed by atoms with E-state index in [1.165, 1.54) is 9.80 Å². The van der Waals surface area contributed by atoms with E-state index in [9.17, 15) is 9.59 Å². The number of carbonyl (C=O) groups is 2. The first-order chi connectivity index (χ1) is 15.0. The Bertz CT molecular complexity index is 859. The van der Waals surface area contributed by atoms with E-state index in [4.69, 9.17) is 4.74 Å². The smallest absolute Gasteiger partial charge is 0.309 e. The molecule has 0 spiro atoms. The summed E-state index contributed by atoms with van der Waals surface area (Å²) >= 11 is 0. The molecule has 0 aromatic heterocycles. The Hall–Kier alpha value is -2.90. The van der Waals surface area contributed by atoms with Gasteiger partial charge in [0.25, 0.3) is 0 Å². The highest BCUT2D eigenvalue weighted by atomic mass is 16.5. The highest BCUT2D eigenvalue weighted by Gasteiger charge is 2.30. The third kappa shape index (κ3) is 6.54. The van der Waals surface area contributed by atoms with E-state index in [1.807, 2.05) is 55.5 Å². The lowest BCUT2D eigenvalue weighted by Crippen LogP contribution is -3.27. The Morgan fingerprint density at radius 3 is 2.16 bits per heavy atom. The summed E-state index contributed by atoms with van der Waals surface area (Å²) < 4.78 is 5.28. The van der Waals surface area contributed by atoms with Crippen LogP contribution in [-0.4, -0.2) is 58.7 Å². The molecule has 1 heterocycles. The van der Waals surface area contributed by atoms with Gasteiger partial charge in [0.15, 0.2) is 0 Å². The lowest BCUT2D eigenvalue weighted by molar-refractivity contribution is -1.02. The molecule has 0 saturated carbocycles. The van der Waals surface area contributed by atoms with Crippen molar-refractivity contribution in [2.45, 2.75) is 19.5 Å². The first-order valence-corrected chi connectivity index (χ1v) is 10.9. The van der Waals surface area contributed by atoms with E-state index < -0.39 is 11.8 Å². The molecule has 1 aliphatic heterocycles. The van der Waals surface area contributed by atoms with E-state index in [0.29, 0.717) is 13.1 Å². The summed E-state index contributed by atoms with van der Waals surface area (Å²) in [5.41, 5.74) is 3.26. The summed E-state index contributed by atoms with van der Waals surface area (Å²) in [4.78, 5) is 27.7. The van der Waals surface area contributed by atoms with Gasteiger partial charge in [-0.2, -0.15) is 0 Å². The summed E-state index contributed by atoms with van der Waals surface area (Å²) in [7, 11) is 3.86. The number of methoxy groups -OCH3 is 1. The van der Waals surface area contributed by atoms with Crippen LogP contribution in [0.25, 0.3) is 0 Å². The minimum Gasteiger partial charge on any atom is -0.497 e. The average molecular weight is 427 g/mol. The van der Waals surface area contributed by atoms with Gasteiger partial charge in [0, 0.05) is 12.1 Å². The Kier molecular flexibility index (Phi) is 8.03. The molecule has 7 heteroatoms. The highest BCUT2D eigenvalue weighted by molar-refractivity contribution is 6.35. The van der Waals surface area contributed by atoms with Gasteiger partial charge in [-0.15, -0.1) is 0 Å². The molecular weight excluding hydrogens is 392 g/mol. The second-order valence-electron chi connectivity index (χ2n) is 8.32. The van der Waals surface area contributed by atoms with Crippen LogP contribution in [0.15, 0.2) is 48.5 Å². The largest absolute Gasteiger partial charge is 0.497 e. The van der Waals surface area contributed by atoms with Crippen molar-refractivity contribution in [3.8, 4) is 5.75 Å². The molecule has 0 unspecified atom stereocenters. The Morgan fingerprint density at radius 1 is 0.935 bits per heavy atom. The summed E-state index contributed by atoms with van der Waals surface area (Å²) in [6, 6.07) is 15.9. The lowest BCUT2D eigenvalue weighted by atomic mass is 10.0. The maximum Gasteiger partial charge on any atom is 0.309 e. The summed E-state index contributed by atoms with van der Waals surface area (Å²) in [5, 5.41) is 5.56. The average Bonchev–Trinajstić information content (AvgIpc) is 2.80. The van der Waals surface area contributed by atoms with Crippen LogP contribution in [0.3, 0.4) is 0 Å². The van der Waals surface area contributed by atoms with Crippen LogP contribution in [0.5, 0.6) is 5.75 Å². The molecule has 2 aromatic rings. The number of carbonyl (C=O) groups excluding carboxylic acids is 2. The fourth-order valence-corrected chi connectivity index (χ4v) is 3.92. The molecule has 2 aromatic carbocycles. The lowest BCUT2D eigenvalue weighted by Gasteiger charge is -2.33. The number of amides is 2. The van der Waals surface area contributed by atoms with E-state index in [1.54, 1.807) is 7.11 Å². The van der Waals surface area contributed by atoms with E-state index >= 15 is 0 Å². The summed E-state index contributed by atoms with van der Waals surface area (Å²) in [6.07, 6.45) is 0. The van der Waals surface area contributed by atoms with Gasteiger partial charge in [0.1, 0.15) is 38.0 Å². The van der Waals surface area contributed by atoms with Crippen LogP contribution in [0.1, 0.15) is 22.7 Å². The predicted octanol–water partition coefficient (Wildman–Crippen LogP) is -1.11. The minimum absolute atomic E-state index is 0.0906. The van der Waals surface area contributed by atoms with Crippen molar-refractivity contribution >= 4 is 11.8 Å². The first-order valence-electron chi connectivity index (χ1n) is 10.9. The molecule has 1 atom stereocenters. The zero-order valence-corrected chi connectivity index (χ0v) is 18.7. The minimum atomic E-state index is -0.605. The molecular formula is C24H34N4O3+2. The first kappa shape index (κ1) is 22.8. The number of nitrogens with one attached hydrogen (secondary N) is 4. The Labute approximate surface area is 184 Å². The molecule has 31 heavy (non-hydrogen) atoms. The fourth-order valence-electron chi connectivity index (χ4n) is 3.92. The number of benzene rings is 2. The van der Waals surface area contributed by atoms with Crippen molar-refractivity contribution in [3.63, 3.8) is 0 Å². The van der Waals surface area contributed by atoms with Crippen LogP contribution in [-0.2, 0) is 16.1 Å². The predicted molar refractivity (Wildman–Crippen MR) is 119 cm³/mol. The van der Waals surface area contributed by atoms with Gasteiger partial charge in [-0.25, -0.2) is 0 Å². The van der Waals surface area contributed by atoms with Gasteiger partial charge in [-0.1, -0.05) is 29.8 Å². The quantitative estimate of drug-likeness (QED) is 0.424. The van der Waals surface area contributed by atoms with Crippen molar-refractivity contribution in [1.82, 2.24) is 10.6 Å². The van der Waals surface area contributed by atoms with Crippen molar-refractivity contribution in [1.29, 1.82) is 0 Å². The van der Waals surface area contributed by atoms with Crippen molar-refractivity contribution in [2.75, 3.05) is 46.9 Å². The normalized spacial score (nSPS) is 19.3. The van der Waals surface area contributed by atoms with Gasteiger partial charge in [0.05, 0.1) is 20.7 Å². The Morgan fingerprint density at radius 2 is 1.55 bits per heavy atom. The number of piperazine rings is 1. The molecule has 7 nitrogen and oxygen atoms in total. The number of quaternary nitrogens is 2. The van der Waals surface area contributed by atoms with Crippen molar-refractivity contribution in [3.05, 3.63) is 65.2 Å². The molecule has 0 aliphatic carbocycles. The number of hydrogen-bond acceptors (Lipinski definition) is 3. The molecule has 3 rings (SSSR count). The van der Waals surface area contributed by atoms with Crippen molar-refractivity contribution in [2.24, 2.45) is 0 Å². The third-order valence-electron chi connectivity index (χ3n) is 6.00. The maximum absolute atomic E-state index is 12.4. The van der Waals surface area contributed by atoms with Crippen LogP contribution in [0.4, 0.5) is 0 Å². The van der Waals surface area contributed by atoms with Gasteiger partial charge in [-0.05, 0) is 36.8 Å². The molecule has 4 N–H and O–H groups in total. The summed E-state index contributed by atoms with van der Waals surface area (Å²) in [6.45, 7) is 6.99. The molecule has 166 valence electrons. The van der Waals surface area contributed by atoms with Gasteiger partial charge < -0.3 is 25.2 Å². The second kappa shape index (κ2) is 10.9. The molecule has 0 radical (unpaired) electrons. The topological polar surface area (TPSA) is 76.3 Å². The standard InChI is InChI=1S/C24H32N4O3/c1-18-4-6-19(7-5-18)16-25-23(29)24(30)26-17-22(28-14-12-27(2)13-15-28)20-8-10-21(31-3)11-9-20/h4-11,22H,12-17H2,1-3H3,(H,25,29)(H,26,30)/p+2/t22-/m0/s1. The summed E-state index contributed by atoms with van der Waals surface area (Å²) in [5.74, 6) is -0.392. The van der Waals surface area contributed by atoms with E-state index in [-0.39, 0.29) is 6.04 Å². The zero-order valence-electron chi connectivity index (χ0n) is 18.7. The maximum atomic E-state index is 12.4. The van der Waals surface area contributed by atoms with Crippen LogP contribution in [0.2, 0.25) is 0 Å². The van der Waals surface area contributed by atoms with Crippen LogP contribution < -0.4 is 25.2 Å². The second-order valence-corrected chi connectivity index (χ2v) is 8.32. The molecule has 1 fully saturated rings. The molecule has 1 saturated heterocycles. The van der Waals surface area contributed by atoms with Crippen molar-refractivity contribution < 1.29 is 24.1 Å². The monoisotopic (exact) mass is 426 g/mol. The SMILES string of the molecule is COc1ccc([C@H](CNC(=O)C(=O)NCc2ccc(C)cc2)[NH+]2CC[NH+](C)CC2)cc1. The number of likely N-dealkylation sites (N-methyl/N-ethyl adjacent to an activating group) is 1. The van der Waals surface area contributed by atoms with Crippen LogP contribution >= 0.6 is 0 Å². The van der Waals surface area contributed by atoms with E-state index in [0.717, 1.165) is 48.6 Å².